The Morgan fingerprint density at radius 3 is 1.81 bits per heavy atom. The van der Waals surface area contributed by atoms with Gasteiger partial charge in [0.05, 0.1) is 0 Å². The van der Waals surface area contributed by atoms with E-state index in [0.717, 1.165) is 22.3 Å². The summed E-state index contributed by atoms with van der Waals surface area (Å²) in [6.07, 6.45) is 1.51. The average Bonchev–Trinajstić information content (AvgIpc) is 2.94. The molecule has 1 unspecified atom stereocenters. The van der Waals surface area contributed by atoms with Crippen molar-refractivity contribution in [3.63, 3.8) is 0 Å². The fourth-order valence-electron chi connectivity index (χ4n) is 4.33. The lowest BCUT2D eigenvalue weighted by atomic mass is 10.0. The van der Waals surface area contributed by atoms with Gasteiger partial charge in [0.1, 0.15) is 11.9 Å². The molecule has 0 saturated carbocycles. The second kappa shape index (κ2) is 13.2. The van der Waals surface area contributed by atoms with Gasteiger partial charge in [-0.05, 0) is 47.2 Å². The van der Waals surface area contributed by atoms with Crippen molar-refractivity contribution in [1.29, 1.82) is 0 Å². The summed E-state index contributed by atoms with van der Waals surface area (Å²) in [5.41, 5.74) is 3.67. The van der Waals surface area contributed by atoms with Gasteiger partial charge in [0, 0.05) is 19.5 Å². The molecule has 37 heavy (non-hydrogen) atoms. The number of benzene rings is 4. The number of rotatable bonds is 11. The van der Waals surface area contributed by atoms with Gasteiger partial charge in [-0.25, -0.2) is 4.39 Å². The van der Waals surface area contributed by atoms with Crippen LogP contribution in [0.15, 0.2) is 115 Å². The Morgan fingerprint density at radius 2 is 1.22 bits per heavy atom. The summed E-state index contributed by atoms with van der Waals surface area (Å²) in [6, 6.07) is 34.4. The molecular weight excluding hydrogens is 463 g/mol. The smallest absolute Gasteiger partial charge is 0.247 e. The van der Waals surface area contributed by atoms with Crippen molar-refractivity contribution in [3.05, 3.63) is 143 Å². The molecule has 5 heteroatoms. The second-order valence-corrected chi connectivity index (χ2v) is 8.97. The number of carbonyl (C=O) groups is 2. The van der Waals surface area contributed by atoms with Gasteiger partial charge >= 0.3 is 0 Å². The zero-order chi connectivity index (χ0) is 25.9. The van der Waals surface area contributed by atoms with Crippen LogP contribution in [0, 0.1) is 5.82 Å². The number of amides is 2. The Labute approximate surface area is 217 Å². The maximum absolute atomic E-state index is 13.7. The zero-order valence-corrected chi connectivity index (χ0v) is 20.7. The Balaban J connectivity index is 1.58. The van der Waals surface area contributed by atoms with Crippen molar-refractivity contribution in [2.45, 2.75) is 31.8 Å². The minimum atomic E-state index is -0.815. The molecule has 0 spiro atoms. The highest BCUT2D eigenvalue weighted by Crippen LogP contribution is 2.25. The van der Waals surface area contributed by atoms with E-state index in [1.807, 2.05) is 91.0 Å². The summed E-state index contributed by atoms with van der Waals surface area (Å²) in [5, 5.41) is 3.04. The minimum absolute atomic E-state index is 0.139. The molecule has 1 atom stereocenters. The number of nitrogens with zero attached hydrogens (tertiary/aromatic N) is 1. The van der Waals surface area contributed by atoms with Crippen molar-refractivity contribution in [3.8, 4) is 0 Å². The van der Waals surface area contributed by atoms with Crippen LogP contribution in [-0.2, 0) is 29.0 Å². The predicted octanol–water partition coefficient (Wildman–Crippen LogP) is 5.89. The highest BCUT2D eigenvalue weighted by Gasteiger charge is 2.31. The Bertz CT molecular complexity index is 1260. The summed E-state index contributed by atoms with van der Waals surface area (Å²) >= 11 is 0. The molecular formula is C32H31FN2O2. The van der Waals surface area contributed by atoms with E-state index < -0.39 is 6.04 Å². The lowest BCUT2D eigenvalue weighted by Crippen LogP contribution is -2.44. The first kappa shape index (κ1) is 25.8. The van der Waals surface area contributed by atoms with Gasteiger partial charge in [0.25, 0.3) is 0 Å². The number of halogens is 1. The van der Waals surface area contributed by atoms with Gasteiger partial charge in [-0.2, -0.15) is 0 Å². The third-order valence-corrected chi connectivity index (χ3v) is 6.29. The molecule has 0 aliphatic rings. The van der Waals surface area contributed by atoms with Crippen molar-refractivity contribution in [2.24, 2.45) is 0 Å². The molecule has 4 aromatic carbocycles. The van der Waals surface area contributed by atoms with Gasteiger partial charge in [0.15, 0.2) is 0 Å². The zero-order valence-electron chi connectivity index (χ0n) is 20.7. The highest BCUT2D eigenvalue weighted by atomic mass is 19.1. The van der Waals surface area contributed by atoms with Crippen molar-refractivity contribution in [2.75, 3.05) is 6.54 Å². The standard InChI is InChI=1S/C32H31FN2O2/c33-29-19-16-27(17-20-29)24-35(30(36)21-18-25-10-4-1-5-11-25)31(28-14-8-3-9-15-28)32(37)34-23-22-26-12-6-2-7-13-26/h1-17,19-20,31H,18,21-24H2,(H,34,37). The molecule has 1 N–H and O–H groups in total. The number of carbonyl (C=O) groups excluding carboxylic acids is 2. The van der Waals surface area contributed by atoms with E-state index in [1.54, 1.807) is 17.0 Å². The average molecular weight is 495 g/mol. The maximum atomic E-state index is 13.7. The van der Waals surface area contributed by atoms with Gasteiger partial charge < -0.3 is 10.2 Å². The fourth-order valence-corrected chi connectivity index (χ4v) is 4.33. The molecule has 0 aliphatic heterocycles. The first-order chi connectivity index (χ1) is 18.1. The number of hydrogen-bond acceptors (Lipinski definition) is 2. The van der Waals surface area contributed by atoms with Gasteiger partial charge in [-0.3, -0.25) is 9.59 Å². The molecule has 0 aromatic heterocycles. The van der Waals surface area contributed by atoms with Crippen LogP contribution in [0.2, 0.25) is 0 Å². The normalized spacial score (nSPS) is 11.5. The highest BCUT2D eigenvalue weighted by molar-refractivity contribution is 5.88. The van der Waals surface area contributed by atoms with Crippen LogP contribution in [0.25, 0.3) is 0 Å². The van der Waals surface area contributed by atoms with E-state index in [1.165, 1.54) is 12.1 Å². The number of aryl methyl sites for hydroxylation is 1. The van der Waals surface area contributed by atoms with E-state index in [0.29, 0.717) is 19.4 Å². The first-order valence-electron chi connectivity index (χ1n) is 12.5. The van der Waals surface area contributed by atoms with Crippen LogP contribution >= 0.6 is 0 Å². The van der Waals surface area contributed by atoms with Crippen LogP contribution in [0.1, 0.15) is 34.7 Å². The van der Waals surface area contributed by atoms with Gasteiger partial charge in [0.2, 0.25) is 11.8 Å². The van der Waals surface area contributed by atoms with E-state index in [2.05, 4.69) is 5.32 Å². The van der Waals surface area contributed by atoms with E-state index >= 15 is 0 Å². The molecule has 2 amide bonds. The third-order valence-electron chi connectivity index (χ3n) is 6.29. The minimum Gasteiger partial charge on any atom is -0.354 e. The molecule has 0 saturated heterocycles. The lowest BCUT2D eigenvalue weighted by Gasteiger charge is -2.32. The van der Waals surface area contributed by atoms with E-state index in [-0.39, 0.29) is 30.6 Å². The van der Waals surface area contributed by atoms with Crippen molar-refractivity contribution < 1.29 is 14.0 Å². The number of nitrogens with one attached hydrogen (secondary N) is 1. The SMILES string of the molecule is O=C(NCCc1ccccc1)C(c1ccccc1)N(Cc1ccc(F)cc1)C(=O)CCc1ccccc1. The van der Waals surface area contributed by atoms with Crippen molar-refractivity contribution >= 4 is 11.8 Å². The molecule has 0 aliphatic carbocycles. The molecule has 4 nitrogen and oxygen atoms in total. The largest absolute Gasteiger partial charge is 0.354 e. The lowest BCUT2D eigenvalue weighted by molar-refractivity contribution is -0.141. The first-order valence-corrected chi connectivity index (χ1v) is 12.5. The number of hydrogen-bond donors (Lipinski definition) is 1. The molecule has 4 aromatic rings. The van der Waals surface area contributed by atoms with E-state index in [4.69, 9.17) is 0 Å². The molecule has 188 valence electrons. The van der Waals surface area contributed by atoms with Crippen LogP contribution < -0.4 is 5.32 Å². The summed E-state index contributed by atoms with van der Waals surface area (Å²) < 4.78 is 13.6. The van der Waals surface area contributed by atoms with Crippen LogP contribution in [-0.4, -0.2) is 23.3 Å². The maximum Gasteiger partial charge on any atom is 0.247 e. The summed E-state index contributed by atoms with van der Waals surface area (Å²) in [6.45, 7) is 0.647. The van der Waals surface area contributed by atoms with Gasteiger partial charge in [-0.1, -0.05) is 103 Å². The molecule has 0 radical (unpaired) electrons. The summed E-state index contributed by atoms with van der Waals surface area (Å²) in [5.74, 6) is -0.721. The van der Waals surface area contributed by atoms with Crippen LogP contribution in [0.5, 0.6) is 0 Å². The quantitative estimate of drug-likeness (QED) is 0.283. The molecule has 0 heterocycles. The van der Waals surface area contributed by atoms with Crippen LogP contribution in [0.4, 0.5) is 4.39 Å². The van der Waals surface area contributed by atoms with Crippen LogP contribution in [0.3, 0.4) is 0 Å². The Kier molecular flexibility index (Phi) is 9.19. The molecule has 4 rings (SSSR count). The second-order valence-electron chi connectivity index (χ2n) is 8.97. The predicted molar refractivity (Wildman–Crippen MR) is 144 cm³/mol. The fraction of sp³-hybridized carbons (Fsp3) is 0.188. The van der Waals surface area contributed by atoms with Crippen molar-refractivity contribution in [1.82, 2.24) is 10.2 Å². The topological polar surface area (TPSA) is 49.4 Å². The Hall–Kier alpha value is -4.25. The van der Waals surface area contributed by atoms with E-state index in [9.17, 15) is 14.0 Å². The monoisotopic (exact) mass is 494 g/mol. The van der Waals surface area contributed by atoms with Gasteiger partial charge in [-0.15, -0.1) is 0 Å². The molecule has 0 fully saturated rings. The summed E-state index contributed by atoms with van der Waals surface area (Å²) in [7, 11) is 0. The Morgan fingerprint density at radius 1 is 0.676 bits per heavy atom. The summed E-state index contributed by atoms with van der Waals surface area (Å²) in [4.78, 5) is 28.9. The molecule has 0 bridgehead atoms. The third kappa shape index (κ3) is 7.61.